The Bertz CT molecular complexity index is 1590. The maximum atomic E-state index is 12.8. The molecule has 0 heterocycles. The van der Waals surface area contributed by atoms with E-state index in [1.807, 2.05) is 18.2 Å². The first-order chi connectivity index (χ1) is 33.5. The Morgan fingerprint density at radius 3 is 1.13 bits per heavy atom. The van der Waals surface area contributed by atoms with Crippen molar-refractivity contribution in [1.29, 1.82) is 0 Å². The van der Waals surface area contributed by atoms with E-state index in [1.54, 1.807) is 0 Å². The minimum Gasteiger partial charge on any atom is -0.462 e. The lowest BCUT2D eigenvalue weighted by Crippen LogP contribution is -2.30. The predicted octanol–water partition coefficient (Wildman–Crippen LogP) is 17.8. The van der Waals surface area contributed by atoms with Crippen LogP contribution < -0.4 is 0 Å². The summed E-state index contributed by atoms with van der Waals surface area (Å²) in [6.07, 6.45) is 79.5. The summed E-state index contributed by atoms with van der Waals surface area (Å²) in [6.45, 7) is 6.22. The number of esters is 3. The molecule has 0 saturated carbocycles. The molecule has 0 N–H and O–H groups in total. The average molecular weight is 935 g/mol. The standard InChI is InChI=1S/C62H94O6/c1-4-7-10-13-16-19-22-25-27-29-31-33-34-37-40-43-46-49-52-55-61(64)67-58-59(57-66-60(63)54-51-48-45-42-39-36-24-21-18-15-12-9-6-3)68-62(65)56-53-50-47-44-41-38-35-32-30-28-26-23-20-17-14-11-8-5-2/h7,9-10,12,15-21,23-28,30-33,35,37,40,46,49,59H,4-6,8,11,13-14,22,29,34,36,38-39,41-45,47-48,50-58H2,1-3H3/b10-7-,12-9-,18-15-,19-16-,20-17-,24-21-,26-23-,27-25-,30-28-,33-31-,35-32-,40-37-,49-46-. The summed E-state index contributed by atoms with van der Waals surface area (Å²) in [5.74, 6) is -1.07. The van der Waals surface area contributed by atoms with Gasteiger partial charge in [0, 0.05) is 19.3 Å². The zero-order chi connectivity index (χ0) is 49.3. The van der Waals surface area contributed by atoms with E-state index in [-0.39, 0.29) is 44.0 Å². The molecule has 1 atom stereocenters. The SMILES string of the molecule is CC\C=C/C=C\C=C/CCCCCCCC(=O)OCC(COC(=O)CC/C=C\C/C=C\C/C=C\C/C=C\C/C=C\C/C=C\CC)OC(=O)CCCCCCC\C=C/C=C\C=C/C=C\CCCCC. The molecule has 378 valence electrons. The highest BCUT2D eigenvalue weighted by atomic mass is 16.6. The molecule has 0 saturated heterocycles. The van der Waals surface area contributed by atoms with Gasteiger partial charge in [-0.3, -0.25) is 14.4 Å². The van der Waals surface area contributed by atoms with E-state index in [1.165, 1.54) is 19.3 Å². The van der Waals surface area contributed by atoms with Crippen LogP contribution in [0.5, 0.6) is 0 Å². The molecular formula is C62H94O6. The van der Waals surface area contributed by atoms with Crippen LogP contribution in [0.3, 0.4) is 0 Å². The van der Waals surface area contributed by atoms with E-state index < -0.39 is 6.10 Å². The Hall–Kier alpha value is -4.97. The topological polar surface area (TPSA) is 78.9 Å². The fraction of sp³-hybridized carbons (Fsp3) is 0.532. The van der Waals surface area contributed by atoms with Gasteiger partial charge in [0.2, 0.25) is 0 Å². The lowest BCUT2D eigenvalue weighted by Gasteiger charge is -2.18. The number of hydrogen-bond donors (Lipinski definition) is 0. The van der Waals surface area contributed by atoms with Gasteiger partial charge < -0.3 is 14.2 Å². The van der Waals surface area contributed by atoms with E-state index >= 15 is 0 Å². The van der Waals surface area contributed by atoms with E-state index in [0.29, 0.717) is 12.8 Å². The molecule has 0 bridgehead atoms. The summed E-state index contributed by atoms with van der Waals surface area (Å²) in [6, 6.07) is 0. The molecule has 0 aromatic rings. The largest absolute Gasteiger partial charge is 0.462 e. The summed E-state index contributed by atoms with van der Waals surface area (Å²) < 4.78 is 16.7. The summed E-state index contributed by atoms with van der Waals surface area (Å²) in [5.41, 5.74) is 0. The highest BCUT2D eigenvalue weighted by Gasteiger charge is 2.19. The molecule has 0 amide bonds. The number of allylic oxidation sites excluding steroid dienone is 26. The highest BCUT2D eigenvalue weighted by Crippen LogP contribution is 2.12. The summed E-state index contributed by atoms with van der Waals surface area (Å²) >= 11 is 0. The van der Waals surface area contributed by atoms with Gasteiger partial charge in [-0.25, -0.2) is 0 Å². The second-order valence-corrected chi connectivity index (χ2v) is 16.8. The third-order valence-corrected chi connectivity index (χ3v) is 10.4. The number of carbonyl (C=O) groups is 3. The van der Waals surface area contributed by atoms with E-state index in [9.17, 15) is 14.4 Å². The van der Waals surface area contributed by atoms with E-state index in [0.717, 1.165) is 128 Å². The fourth-order valence-electron chi connectivity index (χ4n) is 6.48. The van der Waals surface area contributed by atoms with Gasteiger partial charge in [-0.2, -0.15) is 0 Å². The van der Waals surface area contributed by atoms with Gasteiger partial charge >= 0.3 is 17.9 Å². The molecule has 0 radical (unpaired) electrons. The molecule has 0 spiro atoms. The number of unbranched alkanes of at least 4 members (excludes halogenated alkanes) is 13. The maximum Gasteiger partial charge on any atom is 0.306 e. The van der Waals surface area contributed by atoms with Crippen LogP contribution in [0.2, 0.25) is 0 Å². The van der Waals surface area contributed by atoms with Crippen LogP contribution in [0, 0.1) is 0 Å². The first-order valence-corrected chi connectivity index (χ1v) is 26.6. The van der Waals surface area contributed by atoms with Crippen LogP contribution in [0.25, 0.3) is 0 Å². The molecule has 0 aliphatic heterocycles. The van der Waals surface area contributed by atoms with Crippen molar-refractivity contribution in [3.05, 3.63) is 158 Å². The molecule has 0 aliphatic rings. The van der Waals surface area contributed by atoms with Crippen LogP contribution in [0.15, 0.2) is 158 Å². The van der Waals surface area contributed by atoms with Crippen molar-refractivity contribution in [2.24, 2.45) is 0 Å². The van der Waals surface area contributed by atoms with Crippen LogP contribution in [0.4, 0.5) is 0 Å². The van der Waals surface area contributed by atoms with E-state index in [4.69, 9.17) is 14.2 Å². The van der Waals surface area contributed by atoms with Gasteiger partial charge in [0.1, 0.15) is 13.2 Å². The average Bonchev–Trinajstić information content (AvgIpc) is 3.34. The first kappa shape index (κ1) is 63.0. The zero-order valence-corrected chi connectivity index (χ0v) is 43.0. The van der Waals surface area contributed by atoms with Crippen molar-refractivity contribution in [2.45, 2.75) is 200 Å². The van der Waals surface area contributed by atoms with Crippen LogP contribution in [-0.4, -0.2) is 37.2 Å². The molecule has 0 rings (SSSR count). The Labute approximate surface area is 416 Å². The van der Waals surface area contributed by atoms with Gasteiger partial charge in [0.05, 0.1) is 0 Å². The van der Waals surface area contributed by atoms with Crippen molar-refractivity contribution in [3.8, 4) is 0 Å². The normalized spacial score (nSPS) is 13.4. The lowest BCUT2D eigenvalue weighted by atomic mass is 10.1. The second kappa shape index (κ2) is 54.6. The minimum absolute atomic E-state index is 0.130. The molecule has 0 aromatic carbocycles. The quantitative estimate of drug-likeness (QED) is 0.0199. The molecule has 68 heavy (non-hydrogen) atoms. The van der Waals surface area contributed by atoms with Gasteiger partial charge in [-0.05, 0) is 103 Å². The van der Waals surface area contributed by atoms with Crippen LogP contribution in [0.1, 0.15) is 194 Å². The third-order valence-electron chi connectivity index (χ3n) is 10.4. The number of rotatable bonds is 45. The third kappa shape index (κ3) is 52.0. The summed E-state index contributed by atoms with van der Waals surface area (Å²) in [4.78, 5) is 38.0. The number of hydrogen-bond acceptors (Lipinski definition) is 6. The number of ether oxygens (including phenoxy) is 3. The van der Waals surface area contributed by atoms with Crippen molar-refractivity contribution in [3.63, 3.8) is 0 Å². The first-order valence-electron chi connectivity index (χ1n) is 26.6. The molecule has 0 fully saturated rings. The molecule has 0 aliphatic carbocycles. The van der Waals surface area contributed by atoms with Crippen molar-refractivity contribution in [2.75, 3.05) is 13.2 Å². The fourth-order valence-corrected chi connectivity index (χ4v) is 6.48. The molecule has 0 aromatic heterocycles. The van der Waals surface area contributed by atoms with Gasteiger partial charge in [-0.1, -0.05) is 230 Å². The van der Waals surface area contributed by atoms with Crippen molar-refractivity contribution >= 4 is 17.9 Å². The zero-order valence-electron chi connectivity index (χ0n) is 43.0. The van der Waals surface area contributed by atoms with Gasteiger partial charge in [-0.15, -0.1) is 0 Å². The Morgan fingerprint density at radius 2 is 0.676 bits per heavy atom. The Kier molecular flexibility index (Phi) is 50.6. The number of carbonyl (C=O) groups excluding carboxylic acids is 3. The Balaban J connectivity index is 4.62. The summed E-state index contributed by atoms with van der Waals surface area (Å²) in [7, 11) is 0. The molecule has 6 nitrogen and oxygen atoms in total. The van der Waals surface area contributed by atoms with Crippen molar-refractivity contribution < 1.29 is 28.6 Å². The van der Waals surface area contributed by atoms with Crippen molar-refractivity contribution in [1.82, 2.24) is 0 Å². The van der Waals surface area contributed by atoms with E-state index in [2.05, 4.69) is 161 Å². The van der Waals surface area contributed by atoms with Crippen LogP contribution >= 0.6 is 0 Å². The summed E-state index contributed by atoms with van der Waals surface area (Å²) in [5, 5.41) is 0. The highest BCUT2D eigenvalue weighted by molar-refractivity contribution is 5.71. The van der Waals surface area contributed by atoms with Gasteiger partial charge in [0.15, 0.2) is 6.10 Å². The monoisotopic (exact) mass is 935 g/mol. The second-order valence-electron chi connectivity index (χ2n) is 16.8. The molecule has 6 heteroatoms. The lowest BCUT2D eigenvalue weighted by molar-refractivity contribution is -0.166. The predicted molar refractivity (Wildman–Crippen MR) is 292 cm³/mol. The smallest absolute Gasteiger partial charge is 0.306 e. The maximum absolute atomic E-state index is 12.8. The molecular weight excluding hydrogens is 841 g/mol. The van der Waals surface area contributed by atoms with Crippen LogP contribution in [-0.2, 0) is 28.6 Å². The Morgan fingerprint density at radius 1 is 0.324 bits per heavy atom. The minimum atomic E-state index is -0.838. The molecule has 1 unspecified atom stereocenters. The van der Waals surface area contributed by atoms with Gasteiger partial charge in [0.25, 0.3) is 0 Å².